The zero-order valence-corrected chi connectivity index (χ0v) is 23.3. The normalized spacial score (nSPS) is 22.9. The lowest BCUT2D eigenvalue weighted by Gasteiger charge is -2.36. The van der Waals surface area contributed by atoms with E-state index in [-0.39, 0.29) is 11.9 Å². The van der Waals surface area contributed by atoms with Crippen molar-refractivity contribution in [3.63, 3.8) is 0 Å². The largest absolute Gasteiger partial charge is 0.492 e. The number of piperazine rings is 1. The second-order valence-electron chi connectivity index (χ2n) is 11.0. The predicted molar refractivity (Wildman–Crippen MR) is 154 cm³/mol. The third-order valence-electron chi connectivity index (χ3n) is 8.05. The molecule has 10 nitrogen and oxygen atoms in total. The van der Waals surface area contributed by atoms with Crippen LogP contribution in [0.5, 0.6) is 5.75 Å². The third-order valence-corrected chi connectivity index (χ3v) is 8.05. The molecule has 0 saturated carbocycles. The number of carbonyl (C=O) groups excluding carboxylic acids is 1. The number of amides is 1. The van der Waals surface area contributed by atoms with Crippen molar-refractivity contribution in [1.29, 1.82) is 0 Å². The van der Waals surface area contributed by atoms with Gasteiger partial charge in [-0.1, -0.05) is 18.2 Å². The number of nitrogens with zero attached hydrogens (tertiary/aromatic N) is 7. The highest BCUT2D eigenvalue weighted by atomic mass is 16.5. The van der Waals surface area contributed by atoms with E-state index in [0.717, 1.165) is 55.6 Å². The molecule has 1 saturated heterocycles. The third kappa shape index (κ3) is 5.24. The van der Waals surface area contributed by atoms with Gasteiger partial charge in [0.25, 0.3) is 5.91 Å². The predicted octanol–water partition coefficient (Wildman–Crippen LogP) is 2.72. The molecule has 3 aromatic heterocycles. The van der Waals surface area contributed by atoms with Crippen LogP contribution in [0.15, 0.2) is 71.8 Å². The van der Waals surface area contributed by atoms with E-state index < -0.39 is 5.41 Å². The van der Waals surface area contributed by atoms with Gasteiger partial charge in [-0.25, -0.2) is 4.98 Å². The van der Waals surface area contributed by atoms with Crippen LogP contribution >= 0.6 is 0 Å². The molecule has 0 aromatic carbocycles. The molecule has 5 heterocycles. The van der Waals surface area contributed by atoms with Gasteiger partial charge >= 0.3 is 0 Å². The first-order chi connectivity index (χ1) is 19.4. The quantitative estimate of drug-likeness (QED) is 0.470. The Morgan fingerprint density at radius 2 is 2.05 bits per heavy atom. The molecule has 6 rings (SSSR count). The van der Waals surface area contributed by atoms with Crippen LogP contribution in [-0.2, 0) is 6.54 Å². The van der Waals surface area contributed by atoms with E-state index in [2.05, 4.69) is 45.1 Å². The van der Waals surface area contributed by atoms with Crippen molar-refractivity contribution in [2.75, 3.05) is 46.4 Å². The maximum Gasteiger partial charge on any atom is 0.274 e. The van der Waals surface area contributed by atoms with Crippen LogP contribution in [0.3, 0.4) is 0 Å². The first kappa shape index (κ1) is 26.2. The van der Waals surface area contributed by atoms with E-state index in [1.165, 1.54) is 0 Å². The number of rotatable bonds is 8. The Hall–Kier alpha value is -4.02. The van der Waals surface area contributed by atoms with Gasteiger partial charge < -0.3 is 15.0 Å². The Kier molecular flexibility index (Phi) is 7.12. The highest BCUT2D eigenvalue weighted by molar-refractivity contribution is 5.95. The SMILES string of the molecule is Cc1cccc(CN2N=CC3(C)C(NC(=O)c4cnc5cc(OCCN6CCN(C)CC6)ccn45)=CC=CC23)n1. The first-order valence-electron chi connectivity index (χ1n) is 13.8. The average Bonchev–Trinajstić information content (AvgIpc) is 3.51. The molecule has 0 spiro atoms. The van der Waals surface area contributed by atoms with Gasteiger partial charge in [0.2, 0.25) is 0 Å². The summed E-state index contributed by atoms with van der Waals surface area (Å²) in [5.41, 5.74) is 3.40. The number of imidazole rings is 1. The Morgan fingerprint density at radius 3 is 2.88 bits per heavy atom. The Morgan fingerprint density at radius 1 is 1.20 bits per heavy atom. The van der Waals surface area contributed by atoms with Crippen molar-refractivity contribution < 1.29 is 9.53 Å². The monoisotopic (exact) mass is 540 g/mol. The Balaban J connectivity index is 1.09. The van der Waals surface area contributed by atoms with E-state index >= 15 is 0 Å². The highest BCUT2D eigenvalue weighted by Crippen LogP contribution is 2.39. The van der Waals surface area contributed by atoms with Crippen molar-refractivity contribution in [2.24, 2.45) is 10.5 Å². The molecule has 1 fully saturated rings. The molecule has 208 valence electrons. The number of hydrazone groups is 1. The van der Waals surface area contributed by atoms with Crippen molar-refractivity contribution in [3.8, 4) is 5.75 Å². The molecular formula is C30H36N8O2. The number of ether oxygens (including phenoxy) is 1. The van der Waals surface area contributed by atoms with E-state index in [4.69, 9.17) is 9.84 Å². The van der Waals surface area contributed by atoms with Gasteiger partial charge in [0.1, 0.15) is 23.7 Å². The molecule has 1 aliphatic carbocycles. The zero-order valence-electron chi connectivity index (χ0n) is 23.3. The maximum absolute atomic E-state index is 13.4. The molecule has 0 radical (unpaired) electrons. The lowest BCUT2D eigenvalue weighted by atomic mass is 9.77. The number of likely N-dealkylation sites (N-methyl/N-ethyl adjacent to an activating group) is 1. The summed E-state index contributed by atoms with van der Waals surface area (Å²) < 4.78 is 7.80. The molecular weight excluding hydrogens is 504 g/mol. The molecule has 2 aliphatic heterocycles. The van der Waals surface area contributed by atoms with Crippen molar-refractivity contribution in [3.05, 3.63) is 83.7 Å². The maximum atomic E-state index is 13.4. The van der Waals surface area contributed by atoms with E-state index in [9.17, 15) is 4.79 Å². The molecule has 10 heteroatoms. The smallest absolute Gasteiger partial charge is 0.274 e. The summed E-state index contributed by atoms with van der Waals surface area (Å²) in [6.07, 6.45) is 11.4. The standard InChI is InChI=1S/C30H36N8O2/c1-22-6-4-7-23(33-22)20-38-27-9-5-8-26(30(27,2)21-32-38)34-29(39)25-19-31-28-18-24(10-11-37(25)28)40-17-16-36-14-12-35(3)13-15-36/h4-11,18-19,21,27H,12-17,20H2,1-3H3,(H,34,39). The fraction of sp³-hybridized carbons (Fsp3) is 0.400. The molecule has 2 atom stereocenters. The minimum Gasteiger partial charge on any atom is -0.492 e. The van der Waals surface area contributed by atoms with Gasteiger partial charge in [-0.3, -0.25) is 24.1 Å². The molecule has 1 N–H and O–H groups in total. The van der Waals surface area contributed by atoms with Gasteiger partial charge in [-0.05, 0) is 45.2 Å². The number of hydrogen-bond donors (Lipinski definition) is 1. The van der Waals surface area contributed by atoms with Crippen molar-refractivity contribution in [1.82, 2.24) is 34.5 Å². The van der Waals surface area contributed by atoms with Crippen LogP contribution in [0.25, 0.3) is 5.65 Å². The van der Waals surface area contributed by atoms with Crippen LogP contribution in [0.4, 0.5) is 0 Å². The van der Waals surface area contributed by atoms with E-state index in [0.29, 0.717) is 24.5 Å². The molecule has 40 heavy (non-hydrogen) atoms. The molecule has 3 aromatic rings. The Bertz CT molecular complexity index is 1490. The van der Waals surface area contributed by atoms with Crippen LogP contribution in [0, 0.1) is 12.3 Å². The number of pyridine rings is 2. The highest BCUT2D eigenvalue weighted by Gasteiger charge is 2.45. The lowest BCUT2D eigenvalue weighted by molar-refractivity contribution is 0.0947. The number of hydrogen-bond acceptors (Lipinski definition) is 8. The van der Waals surface area contributed by atoms with Crippen LogP contribution < -0.4 is 10.1 Å². The summed E-state index contributed by atoms with van der Waals surface area (Å²) in [4.78, 5) is 27.3. The summed E-state index contributed by atoms with van der Waals surface area (Å²) in [6, 6.07) is 9.75. The molecule has 3 aliphatic rings. The summed E-state index contributed by atoms with van der Waals surface area (Å²) in [6.45, 7) is 10.5. The van der Waals surface area contributed by atoms with Gasteiger partial charge in [-0.15, -0.1) is 0 Å². The Labute approximate surface area is 234 Å². The number of nitrogens with one attached hydrogen (secondary N) is 1. The lowest BCUT2D eigenvalue weighted by Crippen LogP contribution is -2.45. The number of aryl methyl sites for hydroxylation is 1. The minimum atomic E-state index is -0.473. The average molecular weight is 541 g/mol. The second kappa shape index (κ2) is 10.9. The number of fused-ring (bicyclic) bond motifs is 2. The van der Waals surface area contributed by atoms with Gasteiger partial charge in [-0.2, -0.15) is 5.10 Å². The van der Waals surface area contributed by atoms with Gasteiger partial charge in [0.05, 0.1) is 29.9 Å². The summed E-state index contributed by atoms with van der Waals surface area (Å²) in [5.74, 6) is 0.532. The van der Waals surface area contributed by atoms with Crippen molar-refractivity contribution in [2.45, 2.75) is 26.4 Å². The van der Waals surface area contributed by atoms with Crippen LogP contribution in [-0.4, -0.2) is 93.7 Å². The fourth-order valence-corrected chi connectivity index (χ4v) is 5.56. The molecule has 2 unspecified atom stereocenters. The molecule has 1 amide bonds. The van der Waals surface area contributed by atoms with Gasteiger partial charge in [0, 0.05) is 62.6 Å². The number of aromatic nitrogens is 3. The van der Waals surface area contributed by atoms with E-state index in [1.807, 2.05) is 66.8 Å². The van der Waals surface area contributed by atoms with Crippen molar-refractivity contribution >= 4 is 17.8 Å². The summed E-state index contributed by atoms with van der Waals surface area (Å²) >= 11 is 0. The first-order valence-corrected chi connectivity index (χ1v) is 13.8. The topological polar surface area (TPSA) is 90.6 Å². The van der Waals surface area contributed by atoms with Crippen LogP contribution in [0.2, 0.25) is 0 Å². The summed E-state index contributed by atoms with van der Waals surface area (Å²) in [7, 11) is 2.16. The summed E-state index contributed by atoms with van der Waals surface area (Å²) in [5, 5.41) is 9.87. The minimum absolute atomic E-state index is 0.0251. The number of carbonyl (C=O) groups is 1. The second-order valence-corrected chi connectivity index (χ2v) is 11.0. The molecule has 0 bridgehead atoms. The zero-order chi connectivity index (χ0) is 27.7. The van der Waals surface area contributed by atoms with Crippen LogP contribution in [0.1, 0.15) is 28.8 Å². The van der Waals surface area contributed by atoms with E-state index in [1.54, 1.807) is 10.6 Å². The fourth-order valence-electron chi connectivity index (χ4n) is 5.56. The van der Waals surface area contributed by atoms with Gasteiger partial charge in [0.15, 0.2) is 0 Å². The number of allylic oxidation sites excluding steroid dienone is 2.